The van der Waals surface area contributed by atoms with Gasteiger partial charge in [-0.1, -0.05) is 125 Å². The maximum absolute atomic E-state index is 13.9. The van der Waals surface area contributed by atoms with E-state index in [-0.39, 0.29) is 24.7 Å². The van der Waals surface area contributed by atoms with Crippen LogP contribution in [0.3, 0.4) is 0 Å². The SMILES string of the molecule is CC(C)C[C@H]1OC(=O)[C@H](C(C)C)NC(=O)[C@H](C(C)C)OC(=O)[C@@H](C)NC(=O)[C@@H](C(C)C)OC(=O)[C@H](C(C)C)NC(=O)[C@H](C(C)C)OC(=O)[C@@H](C)NC(=O)[C@@H](CC(C)C)OC(=O)[C@H](C(C)C)NC(=O)[C@H](C(C)C)OC(=O)[C@@H](C)NC1=O. The highest BCUT2D eigenvalue weighted by Gasteiger charge is 2.41. The van der Waals surface area contributed by atoms with Gasteiger partial charge in [0.1, 0.15) is 36.3 Å². The predicted molar refractivity (Wildman–Crippen MR) is 291 cm³/mol. The molecule has 0 aromatic heterocycles. The topological polar surface area (TPSA) is 332 Å². The zero-order valence-corrected chi connectivity index (χ0v) is 50.9. The molecule has 12 atom stereocenters. The molecule has 0 aliphatic carbocycles. The molecule has 1 fully saturated rings. The zero-order valence-electron chi connectivity index (χ0n) is 50.9. The van der Waals surface area contributed by atoms with Crippen molar-refractivity contribution in [3.05, 3.63) is 0 Å². The molecule has 0 unspecified atom stereocenters. The predicted octanol–water partition coefficient (Wildman–Crippen LogP) is 3.12. The summed E-state index contributed by atoms with van der Waals surface area (Å²) in [7, 11) is 0. The van der Waals surface area contributed by atoms with E-state index >= 15 is 0 Å². The molecule has 1 heterocycles. The molecule has 0 bridgehead atoms. The van der Waals surface area contributed by atoms with E-state index in [1.807, 2.05) is 0 Å². The molecule has 0 spiro atoms. The number of carbonyl (C=O) groups is 12. The number of ether oxygens (including phenoxy) is 6. The van der Waals surface area contributed by atoms with E-state index in [0.29, 0.717) is 0 Å². The maximum Gasteiger partial charge on any atom is 0.329 e. The summed E-state index contributed by atoms with van der Waals surface area (Å²) in [4.78, 5) is 166. The van der Waals surface area contributed by atoms with Crippen molar-refractivity contribution in [2.45, 2.75) is 231 Å². The minimum atomic E-state index is -1.53. The number of hydrogen-bond donors (Lipinski definition) is 6. The van der Waals surface area contributed by atoms with Gasteiger partial charge in [-0.25, -0.2) is 28.8 Å². The Morgan fingerprint density at radius 1 is 0.275 bits per heavy atom. The summed E-state index contributed by atoms with van der Waals surface area (Å²) in [5.41, 5.74) is 0. The Hall–Kier alpha value is -6.36. The Morgan fingerprint density at radius 3 is 0.688 bits per heavy atom. The summed E-state index contributed by atoms with van der Waals surface area (Å²) in [6.45, 7) is 33.0. The van der Waals surface area contributed by atoms with Gasteiger partial charge >= 0.3 is 35.8 Å². The molecule has 0 radical (unpaired) electrons. The molecule has 0 aromatic carbocycles. The van der Waals surface area contributed by atoms with Gasteiger partial charge in [-0.3, -0.25) is 28.8 Å². The Bertz CT molecular complexity index is 2160. The van der Waals surface area contributed by atoms with Gasteiger partial charge in [0.2, 0.25) is 0 Å². The van der Waals surface area contributed by atoms with Gasteiger partial charge in [0.15, 0.2) is 36.6 Å². The second-order valence-electron chi connectivity index (χ2n) is 23.9. The summed E-state index contributed by atoms with van der Waals surface area (Å²) in [6, 6.07) is -8.46. The van der Waals surface area contributed by atoms with Gasteiger partial charge in [0.05, 0.1) is 0 Å². The van der Waals surface area contributed by atoms with Crippen molar-refractivity contribution in [3.8, 4) is 0 Å². The Kier molecular flexibility index (Phi) is 29.4. The first kappa shape index (κ1) is 71.7. The average Bonchev–Trinajstić information content (AvgIpc) is 3.33. The number of amides is 6. The van der Waals surface area contributed by atoms with Gasteiger partial charge < -0.3 is 60.3 Å². The molecule has 0 saturated carbocycles. The van der Waals surface area contributed by atoms with Crippen molar-refractivity contribution in [1.82, 2.24) is 31.9 Å². The Morgan fingerprint density at radius 2 is 0.475 bits per heavy atom. The second kappa shape index (κ2) is 32.8. The lowest BCUT2D eigenvalue weighted by molar-refractivity contribution is -0.168. The summed E-state index contributed by atoms with van der Waals surface area (Å²) in [6.07, 6.45) is -9.17. The Balaban J connectivity index is 3.91. The van der Waals surface area contributed by atoms with Crippen molar-refractivity contribution in [3.63, 3.8) is 0 Å². The van der Waals surface area contributed by atoms with Crippen LogP contribution >= 0.6 is 0 Å². The van der Waals surface area contributed by atoms with Crippen LogP contribution in [0, 0.1) is 53.3 Å². The highest BCUT2D eigenvalue weighted by Crippen LogP contribution is 2.20. The van der Waals surface area contributed by atoms with Gasteiger partial charge in [-0.15, -0.1) is 0 Å². The number of cyclic esters (lactones) is 6. The van der Waals surface area contributed by atoms with Gasteiger partial charge in [0.25, 0.3) is 35.4 Å². The van der Waals surface area contributed by atoms with Crippen LogP contribution in [0.2, 0.25) is 0 Å². The van der Waals surface area contributed by atoms with Crippen molar-refractivity contribution in [2.24, 2.45) is 53.3 Å². The molecule has 6 amide bonds. The fourth-order valence-corrected chi connectivity index (χ4v) is 7.83. The van der Waals surface area contributed by atoms with E-state index in [9.17, 15) is 57.5 Å². The van der Waals surface area contributed by atoms with E-state index in [1.54, 1.807) is 125 Å². The quantitative estimate of drug-likeness (QED) is 0.128. The number of rotatable bonds is 11. The maximum atomic E-state index is 13.9. The van der Waals surface area contributed by atoms with Crippen LogP contribution in [-0.4, -0.2) is 144 Å². The first-order chi connectivity index (χ1) is 36.8. The smallest absolute Gasteiger partial charge is 0.329 e. The Labute approximate surface area is 472 Å². The van der Waals surface area contributed by atoms with Gasteiger partial charge in [0, 0.05) is 0 Å². The molecule has 0 aromatic rings. The van der Waals surface area contributed by atoms with Crippen LogP contribution in [-0.2, 0) is 86.0 Å². The largest absolute Gasteiger partial charge is 0.451 e. The molecule has 1 aliphatic heterocycles. The fraction of sp³-hybridized carbons (Fsp3) is 0.786. The van der Waals surface area contributed by atoms with E-state index in [0.717, 1.165) is 0 Å². The second-order valence-corrected chi connectivity index (χ2v) is 23.9. The lowest BCUT2D eigenvalue weighted by Gasteiger charge is -2.30. The van der Waals surface area contributed by atoms with Crippen molar-refractivity contribution < 1.29 is 86.0 Å². The summed E-state index contributed by atoms with van der Waals surface area (Å²) in [5.74, 6) is -16.9. The molecule has 456 valence electrons. The molecule has 24 heteroatoms. The number of nitrogens with one attached hydrogen (secondary N) is 6. The highest BCUT2D eigenvalue weighted by atomic mass is 16.6. The molecule has 6 N–H and O–H groups in total. The zero-order chi connectivity index (χ0) is 62.0. The van der Waals surface area contributed by atoms with Crippen molar-refractivity contribution in [2.75, 3.05) is 0 Å². The summed E-state index contributed by atoms with van der Waals surface area (Å²) < 4.78 is 34.0. The van der Waals surface area contributed by atoms with E-state index in [1.165, 1.54) is 20.8 Å². The highest BCUT2D eigenvalue weighted by molar-refractivity contribution is 5.95. The monoisotopic (exact) mass is 1140 g/mol. The molecule has 24 nitrogen and oxygen atoms in total. The lowest BCUT2D eigenvalue weighted by Crippen LogP contribution is -2.55. The third-order valence-corrected chi connectivity index (χ3v) is 12.7. The molecule has 1 saturated heterocycles. The number of carbonyl (C=O) groups excluding carboxylic acids is 12. The summed E-state index contributed by atoms with van der Waals surface area (Å²) >= 11 is 0. The molecule has 1 rings (SSSR count). The lowest BCUT2D eigenvalue weighted by atomic mass is 10.0. The molecular formula is C56H94N6O18. The van der Waals surface area contributed by atoms with Gasteiger partial charge in [-0.05, 0) is 86.9 Å². The van der Waals surface area contributed by atoms with E-state index in [4.69, 9.17) is 28.4 Å². The molecule has 1 aliphatic rings. The minimum absolute atomic E-state index is 0.0344. The minimum Gasteiger partial charge on any atom is -0.451 e. The van der Waals surface area contributed by atoms with Gasteiger partial charge in [-0.2, -0.15) is 0 Å². The number of hydrogen-bond acceptors (Lipinski definition) is 18. The van der Waals surface area contributed by atoms with Crippen LogP contribution in [0.15, 0.2) is 0 Å². The van der Waals surface area contributed by atoms with Crippen LogP contribution in [0.25, 0.3) is 0 Å². The van der Waals surface area contributed by atoms with E-state index < -0.39 is 186 Å². The average molecular weight is 1140 g/mol. The normalized spacial score (nSPS) is 28.4. The van der Waals surface area contributed by atoms with Crippen LogP contribution in [0.1, 0.15) is 158 Å². The third-order valence-electron chi connectivity index (χ3n) is 12.7. The molecule has 80 heavy (non-hydrogen) atoms. The van der Waals surface area contributed by atoms with Crippen LogP contribution in [0.5, 0.6) is 0 Å². The van der Waals surface area contributed by atoms with Crippen LogP contribution in [0.4, 0.5) is 0 Å². The summed E-state index contributed by atoms with van der Waals surface area (Å²) in [5, 5.41) is 15.1. The fourth-order valence-electron chi connectivity index (χ4n) is 7.83. The van der Waals surface area contributed by atoms with Crippen molar-refractivity contribution >= 4 is 71.3 Å². The van der Waals surface area contributed by atoms with E-state index in [2.05, 4.69) is 31.9 Å². The third kappa shape index (κ3) is 22.6. The molecular weight excluding hydrogens is 1040 g/mol. The first-order valence-electron chi connectivity index (χ1n) is 27.9. The first-order valence-corrected chi connectivity index (χ1v) is 27.9. The number of esters is 6. The van der Waals surface area contributed by atoms with Crippen molar-refractivity contribution in [1.29, 1.82) is 0 Å². The standard InChI is InChI=1S/C56H94N6O18/c1-24(2)22-36-45(63)57-33(19)51(69)77-42(30(13)14)48(66)60-38(26(5)6)54(72)75-37(23-25(3)4)46(64)58-34(20)52(70)78-44(32(17)18)50(68)62-40(28(9)10)56(74)80-41(29(11)12)47(65)59-35(21)53(71)79-43(31(15)16)49(67)61-39(27(7)8)55(73)76-36/h24-44H,22-23H2,1-21H3,(H,57,63)(H,58,64)(H,59,65)(H,60,66)(H,61,67)(H,62,68)/t33-,34-,35-,36-,37-,38+,39+,40+,41-,42+,43+,44+/m1/s1. The van der Waals surface area contributed by atoms with Crippen LogP contribution < -0.4 is 31.9 Å².